The molecule has 38 heavy (non-hydrogen) atoms. The van der Waals surface area contributed by atoms with E-state index in [2.05, 4.69) is 59.0 Å². The lowest BCUT2D eigenvalue weighted by Crippen LogP contribution is -2.45. The van der Waals surface area contributed by atoms with Gasteiger partial charge in [-0.2, -0.15) is 0 Å². The lowest BCUT2D eigenvalue weighted by Gasteiger charge is -2.39. The van der Waals surface area contributed by atoms with Crippen molar-refractivity contribution in [3.05, 3.63) is 96.0 Å². The molecule has 5 aromatic carbocycles. The van der Waals surface area contributed by atoms with Crippen LogP contribution in [0.1, 0.15) is 26.7 Å². The van der Waals surface area contributed by atoms with Crippen molar-refractivity contribution in [1.29, 1.82) is 0 Å². The third-order valence-corrected chi connectivity index (χ3v) is 7.17. The normalized spacial score (nSPS) is 16.8. The van der Waals surface area contributed by atoms with Gasteiger partial charge in [-0.1, -0.05) is 79.5 Å². The smallest absolute Gasteiger partial charge is 0.110 e. The highest BCUT2D eigenvalue weighted by molar-refractivity contribution is 6.32. The van der Waals surface area contributed by atoms with Gasteiger partial charge in [-0.15, -0.1) is 20.5 Å². The summed E-state index contributed by atoms with van der Waals surface area (Å²) >= 11 is 6.25. The van der Waals surface area contributed by atoms with Crippen molar-refractivity contribution in [1.82, 2.24) is 0 Å². The molecule has 0 fully saturated rings. The largest absolute Gasteiger partial charge is 0.363 e. The zero-order valence-corrected chi connectivity index (χ0v) is 22.0. The number of rotatable bonds is 6. The molecule has 0 saturated carbocycles. The maximum absolute atomic E-state index is 6.25. The molecular weight excluding hydrogens is 492 g/mol. The van der Waals surface area contributed by atoms with Crippen molar-refractivity contribution in [3.63, 3.8) is 0 Å². The Labute approximate surface area is 226 Å². The summed E-state index contributed by atoms with van der Waals surface area (Å²) in [5, 5.41) is 30.5. The van der Waals surface area contributed by atoms with E-state index >= 15 is 0 Å². The summed E-state index contributed by atoms with van der Waals surface area (Å²) in [6.45, 7) is 4.38. The summed E-state index contributed by atoms with van der Waals surface area (Å²) in [7, 11) is 0. The van der Waals surface area contributed by atoms with Gasteiger partial charge in [-0.25, -0.2) is 0 Å². The highest BCUT2D eigenvalue weighted by atomic mass is 35.5. The van der Waals surface area contributed by atoms with Crippen LogP contribution in [-0.4, -0.2) is 5.66 Å². The van der Waals surface area contributed by atoms with Gasteiger partial charge < -0.3 is 10.6 Å². The van der Waals surface area contributed by atoms with Gasteiger partial charge in [0.05, 0.1) is 22.1 Å². The second kappa shape index (κ2) is 9.88. The molecule has 6 nitrogen and oxygen atoms in total. The van der Waals surface area contributed by atoms with E-state index in [0.717, 1.165) is 62.8 Å². The molecule has 6 rings (SSSR count). The maximum Gasteiger partial charge on any atom is 0.110 e. The van der Waals surface area contributed by atoms with Crippen molar-refractivity contribution in [2.45, 2.75) is 32.4 Å². The van der Waals surface area contributed by atoms with Crippen LogP contribution in [-0.2, 0) is 0 Å². The summed E-state index contributed by atoms with van der Waals surface area (Å²) < 4.78 is 0. The van der Waals surface area contributed by atoms with Gasteiger partial charge in [0.1, 0.15) is 17.0 Å². The molecule has 0 saturated heterocycles. The molecule has 0 spiro atoms. The van der Waals surface area contributed by atoms with Crippen LogP contribution in [0.25, 0.3) is 21.5 Å². The topological polar surface area (TPSA) is 73.5 Å². The second-order valence-electron chi connectivity index (χ2n) is 9.70. The van der Waals surface area contributed by atoms with Gasteiger partial charge in [0, 0.05) is 21.8 Å². The van der Waals surface area contributed by atoms with Crippen LogP contribution in [0, 0.1) is 0 Å². The standard InChI is InChI=1S/C31H27ClN6/c1-3-19-31(2)33-27-14-8-9-20-15-16-28(30(34-31)29(20)27)38-36-25-18-17-24(21-10-4-5-11-22(21)25)35-37-26-13-7-6-12-23(26)32/h4-18,33-34H,3,19H2,1-2H3. The first-order valence-electron chi connectivity index (χ1n) is 12.8. The fourth-order valence-corrected chi connectivity index (χ4v) is 5.28. The zero-order valence-electron chi connectivity index (χ0n) is 21.2. The monoisotopic (exact) mass is 518 g/mol. The summed E-state index contributed by atoms with van der Waals surface area (Å²) in [6.07, 6.45) is 2.03. The van der Waals surface area contributed by atoms with Gasteiger partial charge >= 0.3 is 0 Å². The number of nitrogens with zero attached hydrogens (tertiary/aromatic N) is 4. The molecule has 7 heteroatoms. The minimum Gasteiger partial charge on any atom is -0.363 e. The van der Waals surface area contributed by atoms with Crippen molar-refractivity contribution in [3.8, 4) is 0 Å². The van der Waals surface area contributed by atoms with Gasteiger partial charge in [-0.3, -0.25) is 0 Å². The first-order chi connectivity index (χ1) is 18.5. The van der Waals surface area contributed by atoms with Crippen molar-refractivity contribution in [2.75, 3.05) is 10.6 Å². The van der Waals surface area contributed by atoms with Crippen molar-refractivity contribution in [2.24, 2.45) is 20.5 Å². The summed E-state index contributed by atoms with van der Waals surface area (Å²) in [6, 6.07) is 29.7. The minimum atomic E-state index is -0.261. The predicted octanol–water partition coefficient (Wildman–Crippen LogP) is 10.8. The fourth-order valence-electron chi connectivity index (χ4n) is 5.10. The van der Waals surface area contributed by atoms with E-state index in [1.165, 1.54) is 0 Å². The Hall–Kier alpha value is -4.29. The van der Waals surface area contributed by atoms with E-state index in [0.29, 0.717) is 10.7 Å². The van der Waals surface area contributed by atoms with E-state index in [9.17, 15) is 0 Å². The molecule has 1 heterocycles. The average Bonchev–Trinajstić information content (AvgIpc) is 2.92. The lowest BCUT2D eigenvalue weighted by molar-refractivity contribution is 0.524. The Kier molecular flexibility index (Phi) is 6.26. The Bertz CT molecular complexity index is 1730. The Balaban J connectivity index is 1.40. The van der Waals surface area contributed by atoms with E-state index in [1.807, 2.05) is 60.7 Å². The Morgan fingerprint density at radius 1 is 0.658 bits per heavy atom. The van der Waals surface area contributed by atoms with E-state index in [1.54, 1.807) is 6.07 Å². The summed E-state index contributed by atoms with van der Waals surface area (Å²) in [5.74, 6) is 0. The lowest BCUT2D eigenvalue weighted by atomic mass is 9.96. The quantitative estimate of drug-likeness (QED) is 0.219. The van der Waals surface area contributed by atoms with Crippen LogP contribution in [0.15, 0.2) is 111 Å². The molecule has 0 amide bonds. The highest BCUT2D eigenvalue weighted by Gasteiger charge is 2.30. The van der Waals surface area contributed by atoms with Crippen LogP contribution < -0.4 is 10.6 Å². The number of anilines is 2. The molecule has 188 valence electrons. The van der Waals surface area contributed by atoms with E-state index in [4.69, 9.17) is 21.8 Å². The molecule has 5 aromatic rings. The molecule has 0 bridgehead atoms. The van der Waals surface area contributed by atoms with E-state index in [-0.39, 0.29) is 5.66 Å². The third-order valence-electron chi connectivity index (χ3n) is 6.85. The fraction of sp³-hybridized carbons (Fsp3) is 0.161. The Morgan fingerprint density at radius 2 is 1.29 bits per heavy atom. The summed E-state index contributed by atoms with van der Waals surface area (Å²) in [4.78, 5) is 0. The molecular formula is C31H27ClN6. The molecule has 1 aliphatic heterocycles. The van der Waals surface area contributed by atoms with Crippen LogP contribution in [0.5, 0.6) is 0 Å². The van der Waals surface area contributed by atoms with Gasteiger partial charge in [0.2, 0.25) is 0 Å². The van der Waals surface area contributed by atoms with Crippen LogP contribution in [0.2, 0.25) is 5.02 Å². The molecule has 0 aliphatic carbocycles. The second-order valence-corrected chi connectivity index (χ2v) is 10.1. The van der Waals surface area contributed by atoms with Crippen molar-refractivity contribution >= 4 is 67.3 Å². The number of azo groups is 2. The molecule has 0 radical (unpaired) electrons. The number of nitrogens with one attached hydrogen (secondary N) is 2. The number of hydrogen-bond donors (Lipinski definition) is 2. The zero-order chi connectivity index (χ0) is 26.1. The van der Waals surface area contributed by atoms with Crippen LogP contribution in [0.3, 0.4) is 0 Å². The average molecular weight is 519 g/mol. The number of benzene rings is 5. The number of halogens is 1. The Morgan fingerprint density at radius 3 is 2.00 bits per heavy atom. The first-order valence-corrected chi connectivity index (χ1v) is 13.1. The van der Waals surface area contributed by atoms with Gasteiger partial charge in [0.25, 0.3) is 0 Å². The molecule has 1 unspecified atom stereocenters. The molecule has 0 aromatic heterocycles. The minimum absolute atomic E-state index is 0.261. The molecule has 1 atom stereocenters. The van der Waals surface area contributed by atoms with Crippen molar-refractivity contribution < 1.29 is 0 Å². The number of fused-ring (bicyclic) bond motifs is 1. The highest BCUT2D eigenvalue weighted by Crippen LogP contribution is 2.45. The van der Waals surface area contributed by atoms with Crippen LogP contribution in [0.4, 0.5) is 34.1 Å². The third kappa shape index (κ3) is 4.48. The first kappa shape index (κ1) is 24.1. The molecule has 2 N–H and O–H groups in total. The van der Waals surface area contributed by atoms with Gasteiger partial charge in [0.15, 0.2) is 0 Å². The number of hydrogen-bond acceptors (Lipinski definition) is 6. The predicted molar refractivity (Wildman–Crippen MR) is 158 cm³/mol. The van der Waals surface area contributed by atoms with Crippen LogP contribution >= 0.6 is 11.6 Å². The van der Waals surface area contributed by atoms with E-state index < -0.39 is 0 Å². The van der Waals surface area contributed by atoms with Gasteiger partial charge in [-0.05, 0) is 55.1 Å². The molecule has 1 aliphatic rings. The maximum atomic E-state index is 6.25. The SMILES string of the molecule is CCCC1(C)Nc2cccc3ccc(N=Nc4ccc(N=Nc5ccccc5Cl)c5ccccc45)c(c23)N1. The summed E-state index contributed by atoms with van der Waals surface area (Å²) in [5.41, 5.74) is 4.80.